The van der Waals surface area contributed by atoms with E-state index in [1.54, 1.807) is 55.6 Å². The van der Waals surface area contributed by atoms with E-state index in [2.05, 4.69) is 16.2 Å². The van der Waals surface area contributed by atoms with Crippen molar-refractivity contribution in [2.75, 3.05) is 25.6 Å². The number of rotatable bonds is 9. The van der Waals surface area contributed by atoms with E-state index >= 15 is 0 Å². The van der Waals surface area contributed by atoms with Crippen LogP contribution in [0, 0.1) is 0 Å². The number of hydrogen-bond donors (Lipinski definition) is 3. The number of carbonyl (C=O) groups is 3. The molecular weight excluding hydrogens is 362 g/mol. The van der Waals surface area contributed by atoms with Gasteiger partial charge in [0.05, 0.1) is 12.2 Å². The first-order valence-corrected chi connectivity index (χ1v) is 8.75. The molecule has 0 saturated carbocycles. The molecule has 0 aliphatic carbocycles. The van der Waals surface area contributed by atoms with Gasteiger partial charge in [0.15, 0.2) is 0 Å². The standard InChI is InChI=1S/C20H23N3O5/c1-27-13-14-28-17-10-6-5-9-16(17)20(26)23-22-19(25)12-11-18(24)21-15-7-3-2-4-8-15/h2-10H,11-14H2,1H3,(H,21,24)(H,22,25)(H,23,26). The minimum absolute atomic E-state index is 0.00663. The van der Waals surface area contributed by atoms with Crippen LogP contribution in [0.15, 0.2) is 54.6 Å². The van der Waals surface area contributed by atoms with Crippen LogP contribution in [0.4, 0.5) is 5.69 Å². The molecule has 28 heavy (non-hydrogen) atoms. The molecule has 2 aromatic carbocycles. The number of methoxy groups -OCH3 is 1. The molecule has 0 bridgehead atoms. The Morgan fingerprint density at radius 1 is 0.821 bits per heavy atom. The van der Waals surface area contributed by atoms with Gasteiger partial charge < -0.3 is 14.8 Å². The average Bonchev–Trinajstić information content (AvgIpc) is 2.72. The molecule has 8 heteroatoms. The Kier molecular flexibility index (Phi) is 8.48. The summed E-state index contributed by atoms with van der Waals surface area (Å²) in [5, 5.41) is 2.69. The molecule has 0 atom stereocenters. The summed E-state index contributed by atoms with van der Waals surface area (Å²) in [6.45, 7) is 0.682. The number of para-hydroxylation sites is 2. The Bertz CT molecular complexity index is 795. The maximum atomic E-state index is 12.3. The van der Waals surface area contributed by atoms with Crippen molar-refractivity contribution in [1.29, 1.82) is 0 Å². The molecule has 0 fully saturated rings. The number of hydrogen-bond acceptors (Lipinski definition) is 5. The number of hydrazine groups is 1. The van der Waals surface area contributed by atoms with Crippen LogP contribution < -0.4 is 20.9 Å². The van der Waals surface area contributed by atoms with Crippen LogP contribution in [0.1, 0.15) is 23.2 Å². The van der Waals surface area contributed by atoms with Gasteiger partial charge in [-0.25, -0.2) is 0 Å². The number of anilines is 1. The van der Waals surface area contributed by atoms with E-state index in [1.165, 1.54) is 0 Å². The van der Waals surface area contributed by atoms with Crippen molar-refractivity contribution >= 4 is 23.4 Å². The first-order chi connectivity index (χ1) is 13.6. The van der Waals surface area contributed by atoms with Crippen LogP contribution in [0.3, 0.4) is 0 Å². The summed E-state index contributed by atoms with van der Waals surface area (Å²) in [4.78, 5) is 36.0. The van der Waals surface area contributed by atoms with E-state index in [9.17, 15) is 14.4 Å². The number of ether oxygens (including phenoxy) is 2. The highest BCUT2D eigenvalue weighted by molar-refractivity contribution is 5.98. The van der Waals surface area contributed by atoms with Gasteiger partial charge in [0.25, 0.3) is 5.91 Å². The second-order valence-corrected chi connectivity index (χ2v) is 5.75. The van der Waals surface area contributed by atoms with Gasteiger partial charge >= 0.3 is 0 Å². The quantitative estimate of drug-likeness (QED) is 0.452. The first kappa shape index (κ1) is 20.9. The molecule has 0 heterocycles. The number of amides is 3. The lowest BCUT2D eigenvalue weighted by Gasteiger charge is -2.12. The molecule has 8 nitrogen and oxygen atoms in total. The molecule has 3 N–H and O–H groups in total. The molecule has 0 aliphatic rings. The molecule has 0 saturated heterocycles. The average molecular weight is 385 g/mol. The van der Waals surface area contributed by atoms with Gasteiger partial charge in [0.2, 0.25) is 11.8 Å². The lowest BCUT2D eigenvalue weighted by Crippen LogP contribution is -2.42. The predicted molar refractivity (Wildman–Crippen MR) is 104 cm³/mol. The minimum atomic E-state index is -0.518. The first-order valence-electron chi connectivity index (χ1n) is 8.75. The Balaban J connectivity index is 1.76. The van der Waals surface area contributed by atoms with Gasteiger partial charge in [0, 0.05) is 25.6 Å². The minimum Gasteiger partial charge on any atom is -0.490 e. The molecule has 3 amide bonds. The summed E-state index contributed by atoms with van der Waals surface area (Å²) in [5.74, 6) is -0.900. The highest BCUT2D eigenvalue weighted by Gasteiger charge is 2.13. The van der Waals surface area contributed by atoms with Crippen molar-refractivity contribution in [3.63, 3.8) is 0 Å². The van der Waals surface area contributed by atoms with Crippen LogP contribution >= 0.6 is 0 Å². The third-order valence-corrected chi connectivity index (χ3v) is 3.63. The van der Waals surface area contributed by atoms with Gasteiger partial charge in [-0.15, -0.1) is 0 Å². The van der Waals surface area contributed by atoms with Crippen molar-refractivity contribution < 1.29 is 23.9 Å². The maximum absolute atomic E-state index is 12.3. The van der Waals surface area contributed by atoms with Crippen LogP contribution in [-0.2, 0) is 14.3 Å². The molecule has 0 aliphatic heterocycles. The van der Waals surface area contributed by atoms with E-state index in [0.29, 0.717) is 24.7 Å². The van der Waals surface area contributed by atoms with Crippen LogP contribution in [0.5, 0.6) is 5.75 Å². The fourth-order valence-corrected chi connectivity index (χ4v) is 2.24. The number of benzene rings is 2. The fraction of sp³-hybridized carbons (Fsp3) is 0.250. The van der Waals surface area contributed by atoms with E-state index in [0.717, 1.165) is 0 Å². The van der Waals surface area contributed by atoms with Crippen molar-refractivity contribution in [2.45, 2.75) is 12.8 Å². The topological polar surface area (TPSA) is 106 Å². The largest absolute Gasteiger partial charge is 0.490 e. The molecule has 148 valence electrons. The fourth-order valence-electron chi connectivity index (χ4n) is 2.24. The van der Waals surface area contributed by atoms with Crippen LogP contribution in [-0.4, -0.2) is 38.0 Å². The Labute approximate surface area is 163 Å². The smallest absolute Gasteiger partial charge is 0.273 e. The summed E-state index contributed by atoms with van der Waals surface area (Å²) >= 11 is 0. The zero-order valence-electron chi connectivity index (χ0n) is 15.6. The highest BCUT2D eigenvalue weighted by atomic mass is 16.5. The molecule has 0 radical (unpaired) electrons. The second kappa shape index (κ2) is 11.3. The molecule has 2 rings (SSSR count). The molecule has 0 spiro atoms. The maximum Gasteiger partial charge on any atom is 0.273 e. The normalized spacial score (nSPS) is 10.0. The van der Waals surface area contributed by atoms with Gasteiger partial charge in [0.1, 0.15) is 12.4 Å². The van der Waals surface area contributed by atoms with Crippen molar-refractivity contribution in [2.24, 2.45) is 0 Å². The van der Waals surface area contributed by atoms with Gasteiger partial charge in [-0.3, -0.25) is 25.2 Å². The molecule has 0 unspecified atom stereocenters. The summed E-state index contributed by atoms with van der Waals surface area (Å²) in [6, 6.07) is 15.6. The van der Waals surface area contributed by atoms with E-state index in [4.69, 9.17) is 9.47 Å². The van der Waals surface area contributed by atoms with Crippen molar-refractivity contribution in [1.82, 2.24) is 10.9 Å². The SMILES string of the molecule is COCCOc1ccccc1C(=O)NNC(=O)CCC(=O)Nc1ccccc1. The van der Waals surface area contributed by atoms with Gasteiger partial charge in [-0.2, -0.15) is 0 Å². The summed E-state index contributed by atoms with van der Waals surface area (Å²) in [7, 11) is 1.55. The third kappa shape index (κ3) is 7.08. The van der Waals surface area contributed by atoms with E-state index < -0.39 is 11.8 Å². The zero-order valence-corrected chi connectivity index (χ0v) is 15.6. The molecular formula is C20H23N3O5. The Hall–Kier alpha value is -3.39. The van der Waals surface area contributed by atoms with Gasteiger partial charge in [-0.05, 0) is 24.3 Å². The lowest BCUT2D eigenvalue weighted by molar-refractivity contribution is -0.124. The van der Waals surface area contributed by atoms with Crippen LogP contribution in [0.2, 0.25) is 0 Å². The number of carbonyl (C=O) groups excluding carboxylic acids is 3. The predicted octanol–water partition coefficient (Wildman–Crippen LogP) is 1.89. The lowest BCUT2D eigenvalue weighted by atomic mass is 10.2. The Morgan fingerprint density at radius 2 is 1.50 bits per heavy atom. The van der Waals surface area contributed by atoms with Crippen molar-refractivity contribution in [3.05, 3.63) is 60.2 Å². The van der Waals surface area contributed by atoms with E-state index in [-0.39, 0.29) is 24.3 Å². The second-order valence-electron chi connectivity index (χ2n) is 5.75. The number of nitrogens with one attached hydrogen (secondary N) is 3. The van der Waals surface area contributed by atoms with Crippen molar-refractivity contribution in [3.8, 4) is 5.75 Å². The van der Waals surface area contributed by atoms with E-state index in [1.807, 2.05) is 6.07 Å². The monoisotopic (exact) mass is 385 g/mol. The Morgan fingerprint density at radius 3 is 2.25 bits per heavy atom. The zero-order chi connectivity index (χ0) is 20.2. The van der Waals surface area contributed by atoms with Gasteiger partial charge in [-0.1, -0.05) is 30.3 Å². The van der Waals surface area contributed by atoms with Crippen LogP contribution in [0.25, 0.3) is 0 Å². The highest BCUT2D eigenvalue weighted by Crippen LogP contribution is 2.17. The summed E-state index contributed by atoms with van der Waals surface area (Å²) < 4.78 is 10.4. The summed E-state index contributed by atoms with van der Waals surface area (Å²) in [5.41, 5.74) is 5.55. The third-order valence-electron chi connectivity index (χ3n) is 3.63. The molecule has 0 aromatic heterocycles. The molecule has 2 aromatic rings. The summed E-state index contributed by atoms with van der Waals surface area (Å²) in [6.07, 6.45) is -0.0712.